The molecular weight excluding hydrogens is 272 g/mol. The molecule has 22 heavy (non-hydrogen) atoms. The predicted octanol–water partition coefficient (Wildman–Crippen LogP) is 3.16. The van der Waals surface area contributed by atoms with Crippen LogP contribution in [0.25, 0.3) is 11.0 Å². The van der Waals surface area contributed by atoms with Gasteiger partial charge in [-0.2, -0.15) is 0 Å². The van der Waals surface area contributed by atoms with Crippen LogP contribution < -0.4 is 5.73 Å². The Bertz CT molecular complexity index is 651. The van der Waals surface area contributed by atoms with Gasteiger partial charge in [0.2, 0.25) is 0 Å². The number of aryl methyl sites for hydroxylation is 2. The number of nitrogens with zero attached hydrogens (tertiary/aromatic N) is 3. The normalized spacial score (nSPS) is 18.0. The third-order valence-corrected chi connectivity index (χ3v) is 4.89. The van der Waals surface area contributed by atoms with E-state index >= 15 is 0 Å². The molecule has 1 saturated heterocycles. The topological polar surface area (TPSA) is 47.1 Å². The highest BCUT2D eigenvalue weighted by Gasteiger charge is 2.16. The van der Waals surface area contributed by atoms with E-state index in [-0.39, 0.29) is 6.04 Å². The maximum atomic E-state index is 6.17. The molecule has 0 spiro atoms. The number of rotatable bonds is 4. The number of hydrogen-bond donors (Lipinski definition) is 1. The van der Waals surface area contributed by atoms with Crippen LogP contribution in [-0.2, 0) is 6.54 Å². The average molecular weight is 300 g/mol. The zero-order valence-corrected chi connectivity index (χ0v) is 14.1. The van der Waals surface area contributed by atoms with Crippen LogP contribution in [0.3, 0.4) is 0 Å². The van der Waals surface area contributed by atoms with Crippen molar-refractivity contribution in [3.8, 4) is 0 Å². The molecule has 1 unspecified atom stereocenters. The maximum absolute atomic E-state index is 6.17. The summed E-state index contributed by atoms with van der Waals surface area (Å²) in [5, 5.41) is 0. The fraction of sp³-hybridized carbons (Fsp3) is 0.611. The zero-order chi connectivity index (χ0) is 15.7. The number of fused-ring (bicyclic) bond motifs is 1. The van der Waals surface area contributed by atoms with Crippen LogP contribution in [0.15, 0.2) is 12.1 Å². The van der Waals surface area contributed by atoms with E-state index in [1.165, 1.54) is 49.0 Å². The molecule has 1 aliphatic heterocycles. The van der Waals surface area contributed by atoms with Gasteiger partial charge in [-0.15, -0.1) is 0 Å². The maximum Gasteiger partial charge on any atom is 0.126 e. The number of nitrogens with two attached hydrogens (primary N) is 1. The van der Waals surface area contributed by atoms with Crippen molar-refractivity contribution in [3.05, 3.63) is 29.1 Å². The van der Waals surface area contributed by atoms with Crippen molar-refractivity contribution in [2.24, 2.45) is 5.73 Å². The second kappa shape index (κ2) is 6.39. The van der Waals surface area contributed by atoms with Gasteiger partial charge in [-0.05, 0) is 70.0 Å². The Morgan fingerprint density at radius 1 is 1.09 bits per heavy atom. The highest BCUT2D eigenvalue weighted by molar-refractivity contribution is 5.78. The van der Waals surface area contributed by atoms with E-state index in [4.69, 9.17) is 10.7 Å². The smallest absolute Gasteiger partial charge is 0.126 e. The van der Waals surface area contributed by atoms with Crippen molar-refractivity contribution in [2.45, 2.75) is 52.6 Å². The number of aromatic nitrogens is 2. The Kier molecular flexibility index (Phi) is 4.50. The molecule has 0 saturated carbocycles. The van der Waals surface area contributed by atoms with Gasteiger partial charge >= 0.3 is 0 Å². The van der Waals surface area contributed by atoms with Crippen molar-refractivity contribution < 1.29 is 0 Å². The molecule has 3 rings (SSSR count). The molecule has 2 N–H and O–H groups in total. The molecule has 2 heterocycles. The lowest BCUT2D eigenvalue weighted by Gasteiger charge is -2.27. The summed E-state index contributed by atoms with van der Waals surface area (Å²) < 4.78 is 2.33. The molecule has 120 valence electrons. The van der Waals surface area contributed by atoms with Crippen LogP contribution in [0, 0.1) is 13.8 Å². The van der Waals surface area contributed by atoms with Crippen molar-refractivity contribution in [3.63, 3.8) is 0 Å². The standard InChI is InChI=1S/C18H28N4/c1-13-11-16-17(12-14(13)2)22(18(20-16)15(3)19)10-9-21-7-5-4-6-8-21/h11-12,15H,4-10,19H2,1-3H3. The van der Waals surface area contributed by atoms with Gasteiger partial charge in [0.05, 0.1) is 17.1 Å². The van der Waals surface area contributed by atoms with E-state index in [1.807, 2.05) is 6.92 Å². The molecule has 0 bridgehead atoms. The lowest BCUT2D eigenvalue weighted by Crippen LogP contribution is -2.33. The molecular formula is C18H28N4. The van der Waals surface area contributed by atoms with Gasteiger partial charge in [-0.3, -0.25) is 0 Å². The molecule has 0 aliphatic carbocycles. The summed E-state index contributed by atoms with van der Waals surface area (Å²) in [5.74, 6) is 1.01. The van der Waals surface area contributed by atoms with Crippen LogP contribution in [0.5, 0.6) is 0 Å². The fourth-order valence-corrected chi connectivity index (χ4v) is 3.41. The van der Waals surface area contributed by atoms with Crippen LogP contribution >= 0.6 is 0 Å². The fourth-order valence-electron chi connectivity index (χ4n) is 3.41. The summed E-state index contributed by atoms with van der Waals surface area (Å²) in [6.07, 6.45) is 4.06. The van der Waals surface area contributed by atoms with Crippen molar-refractivity contribution >= 4 is 11.0 Å². The number of hydrogen-bond acceptors (Lipinski definition) is 3. The zero-order valence-electron chi connectivity index (χ0n) is 14.1. The Morgan fingerprint density at radius 3 is 2.45 bits per heavy atom. The Balaban J connectivity index is 1.91. The SMILES string of the molecule is Cc1cc2nc(C(C)N)n(CCN3CCCCC3)c2cc1C. The third-order valence-electron chi connectivity index (χ3n) is 4.89. The Hall–Kier alpha value is -1.39. The molecule has 1 fully saturated rings. The van der Waals surface area contributed by atoms with Gasteiger partial charge in [0, 0.05) is 13.1 Å². The minimum absolute atomic E-state index is 0.0330. The molecule has 4 nitrogen and oxygen atoms in total. The monoisotopic (exact) mass is 300 g/mol. The van der Waals surface area contributed by atoms with E-state index in [1.54, 1.807) is 0 Å². The first-order valence-electron chi connectivity index (χ1n) is 8.51. The van der Waals surface area contributed by atoms with Crippen LogP contribution in [0.1, 0.15) is 49.2 Å². The Labute approximate surface area is 133 Å². The molecule has 1 aromatic carbocycles. The van der Waals surface area contributed by atoms with E-state index in [0.29, 0.717) is 0 Å². The second-order valence-corrected chi connectivity index (χ2v) is 6.74. The van der Waals surface area contributed by atoms with Crippen LogP contribution in [-0.4, -0.2) is 34.1 Å². The summed E-state index contributed by atoms with van der Waals surface area (Å²) >= 11 is 0. The van der Waals surface area contributed by atoms with E-state index in [9.17, 15) is 0 Å². The predicted molar refractivity (Wildman–Crippen MR) is 92.1 cm³/mol. The quantitative estimate of drug-likeness (QED) is 0.943. The largest absolute Gasteiger partial charge is 0.325 e. The summed E-state index contributed by atoms with van der Waals surface area (Å²) in [4.78, 5) is 7.37. The van der Waals surface area contributed by atoms with Gasteiger partial charge in [0.1, 0.15) is 5.82 Å². The van der Waals surface area contributed by atoms with Gasteiger partial charge in [0.15, 0.2) is 0 Å². The van der Waals surface area contributed by atoms with Gasteiger partial charge in [0.25, 0.3) is 0 Å². The van der Waals surface area contributed by atoms with Crippen LogP contribution in [0.4, 0.5) is 0 Å². The summed E-state index contributed by atoms with van der Waals surface area (Å²) in [7, 11) is 0. The third kappa shape index (κ3) is 3.03. The number of imidazole rings is 1. The van der Waals surface area contributed by atoms with Crippen molar-refractivity contribution in [1.29, 1.82) is 0 Å². The van der Waals surface area contributed by atoms with E-state index in [2.05, 4.69) is 35.4 Å². The molecule has 1 atom stereocenters. The molecule has 1 aliphatic rings. The van der Waals surface area contributed by atoms with Crippen LogP contribution in [0.2, 0.25) is 0 Å². The van der Waals surface area contributed by atoms with E-state index in [0.717, 1.165) is 24.4 Å². The average Bonchev–Trinajstić information content (AvgIpc) is 2.85. The van der Waals surface area contributed by atoms with Crippen molar-refractivity contribution in [2.75, 3.05) is 19.6 Å². The van der Waals surface area contributed by atoms with Gasteiger partial charge in [-0.1, -0.05) is 6.42 Å². The summed E-state index contributed by atoms with van der Waals surface area (Å²) in [5.41, 5.74) is 11.1. The van der Waals surface area contributed by atoms with Crippen molar-refractivity contribution in [1.82, 2.24) is 14.5 Å². The number of benzene rings is 1. The number of likely N-dealkylation sites (tertiary alicyclic amines) is 1. The first-order valence-corrected chi connectivity index (χ1v) is 8.51. The highest BCUT2D eigenvalue weighted by Crippen LogP contribution is 2.23. The minimum Gasteiger partial charge on any atom is -0.325 e. The summed E-state index contributed by atoms with van der Waals surface area (Å²) in [6.45, 7) is 10.9. The number of piperidine rings is 1. The van der Waals surface area contributed by atoms with E-state index < -0.39 is 0 Å². The summed E-state index contributed by atoms with van der Waals surface area (Å²) in [6, 6.07) is 4.42. The Morgan fingerprint density at radius 2 is 1.77 bits per heavy atom. The van der Waals surface area contributed by atoms with Gasteiger partial charge < -0.3 is 15.2 Å². The second-order valence-electron chi connectivity index (χ2n) is 6.74. The molecule has 2 aromatic rings. The molecule has 0 amide bonds. The molecule has 1 aromatic heterocycles. The first-order chi connectivity index (χ1) is 10.6. The first kappa shape index (κ1) is 15.5. The molecule has 4 heteroatoms. The van der Waals surface area contributed by atoms with Gasteiger partial charge in [-0.25, -0.2) is 4.98 Å². The lowest BCUT2D eigenvalue weighted by molar-refractivity contribution is 0.220. The lowest BCUT2D eigenvalue weighted by atomic mass is 10.1. The molecule has 0 radical (unpaired) electrons. The highest BCUT2D eigenvalue weighted by atomic mass is 15.2. The minimum atomic E-state index is -0.0330.